The van der Waals surface area contributed by atoms with Gasteiger partial charge in [0, 0.05) is 13.6 Å². The standard InChI is InChI=1S/C13H18ClN3O2S/c1-16(2)7-4-8-17(3)20(18,19)12-6-5-11(10-15)13(14)9-12/h5-6,9H,4,7-8H2,1-3H3. The zero-order valence-corrected chi connectivity index (χ0v) is 13.4. The molecule has 7 heteroatoms. The number of sulfonamides is 1. The van der Waals surface area contributed by atoms with E-state index in [0.717, 1.165) is 13.0 Å². The topological polar surface area (TPSA) is 64.4 Å². The number of rotatable bonds is 6. The van der Waals surface area contributed by atoms with Crippen LogP contribution in [0, 0.1) is 11.3 Å². The molecule has 110 valence electrons. The number of hydrogen-bond acceptors (Lipinski definition) is 4. The molecule has 0 N–H and O–H groups in total. The highest BCUT2D eigenvalue weighted by Gasteiger charge is 2.21. The van der Waals surface area contributed by atoms with E-state index in [1.165, 1.54) is 29.6 Å². The molecule has 1 aromatic carbocycles. The monoisotopic (exact) mass is 315 g/mol. The van der Waals surface area contributed by atoms with Crippen molar-refractivity contribution in [2.24, 2.45) is 0 Å². The lowest BCUT2D eigenvalue weighted by atomic mass is 10.2. The van der Waals surface area contributed by atoms with Gasteiger partial charge in [0.2, 0.25) is 10.0 Å². The van der Waals surface area contributed by atoms with Gasteiger partial charge in [0.1, 0.15) is 6.07 Å². The zero-order valence-electron chi connectivity index (χ0n) is 11.8. The van der Waals surface area contributed by atoms with Gasteiger partial charge < -0.3 is 4.90 Å². The van der Waals surface area contributed by atoms with Crippen molar-refractivity contribution in [3.05, 3.63) is 28.8 Å². The second-order valence-corrected chi connectivity index (χ2v) is 7.19. The highest BCUT2D eigenvalue weighted by molar-refractivity contribution is 7.89. The second-order valence-electron chi connectivity index (χ2n) is 4.74. The number of nitriles is 1. The minimum atomic E-state index is -3.56. The Morgan fingerprint density at radius 3 is 2.40 bits per heavy atom. The predicted octanol–water partition coefficient (Wildman–Crippen LogP) is 1.78. The second kappa shape index (κ2) is 7.04. The molecule has 0 radical (unpaired) electrons. The molecule has 1 aromatic rings. The van der Waals surface area contributed by atoms with Crippen LogP contribution in [-0.2, 0) is 10.0 Å². The van der Waals surface area contributed by atoms with Gasteiger partial charge in [-0.3, -0.25) is 0 Å². The van der Waals surface area contributed by atoms with E-state index in [-0.39, 0.29) is 15.5 Å². The fourth-order valence-electron chi connectivity index (χ4n) is 1.66. The molecule has 0 aliphatic carbocycles. The summed E-state index contributed by atoms with van der Waals surface area (Å²) in [6.45, 7) is 1.24. The molecule has 0 amide bonds. The van der Waals surface area contributed by atoms with Crippen LogP contribution in [0.4, 0.5) is 0 Å². The summed E-state index contributed by atoms with van der Waals surface area (Å²) in [6.07, 6.45) is 0.743. The third-order valence-corrected chi connectivity index (χ3v) is 5.01. The quantitative estimate of drug-likeness (QED) is 0.802. The first-order chi connectivity index (χ1) is 9.28. The van der Waals surface area contributed by atoms with Gasteiger partial charge in [-0.15, -0.1) is 0 Å². The Bertz CT molecular complexity index is 609. The van der Waals surface area contributed by atoms with Crippen LogP contribution in [0.5, 0.6) is 0 Å². The van der Waals surface area contributed by atoms with Gasteiger partial charge in [-0.05, 0) is 45.3 Å². The Morgan fingerprint density at radius 1 is 1.25 bits per heavy atom. The molecule has 0 saturated heterocycles. The Balaban J connectivity index is 2.88. The Labute approximate surface area is 125 Å². The maximum atomic E-state index is 12.3. The van der Waals surface area contributed by atoms with E-state index in [4.69, 9.17) is 16.9 Å². The van der Waals surface area contributed by atoms with Gasteiger partial charge in [0.25, 0.3) is 0 Å². The Kier molecular flexibility index (Phi) is 5.96. The van der Waals surface area contributed by atoms with Crippen molar-refractivity contribution in [3.8, 4) is 6.07 Å². The molecule has 0 atom stereocenters. The summed E-state index contributed by atoms with van der Waals surface area (Å²) in [7, 11) is 1.85. The van der Waals surface area contributed by atoms with Crippen LogP contribution in [0.15, 0.2) is 23.1 Å². The van der Waals surface area contributed by atoms with Gasteiger partial charge in [-0.25, -0.2) is 12.7 Å². The molecule has 0 aromatic heterocycles. The van der Waals surface area contributed by atoms with Crippen LogP contribution in [-0.4, -0.2) is 51.9 Å². The summed E-state index contributed by atoms with van der Waals surface area (Å²) in [5, 5.41) is 8.94. The SMILES string of the molecule is CN(C)CCCN(C)S(=O)(=O)c1ccc(C#N)c(Cl)c1. The summed E-state index contributed by atoms with van der Waals surface area (Å²) >= 11 is 5.87. The maximum absolute atomic E-state index is 12.3. The van der Waals surface area contributed by atoms with Gasteiger partial charge in [-0.1, -0.05) is 11.6 Å². The molecule has 0 spiro atoms. The first-order valence-corrected chi connectivity index (χ1v) is 7.91. The van der Waals surface area contributed by atoms with Crippen molar-refractivity contribution in [1.29, 1.82) is 5.26 Å². The average molecular weight is 316 g/mol. The van der Waals surface area contributed by atoms with Crippen LogP contribution < -0.4 is 0 Å². The summed E-state index contributed by atoms with van der Waals surface area (Å²) in [4.78, 5) is 2.10. The van der Waals surface area contributed by atoms with Crippen molar-refractivity contribution < 1.29 is 8.42 Å². The first kappa shape index (κ1) is 16.9. The van der Waals surface area contributed by atoms with E-state index in [1.807, 2.05) is 25.1 Å². The maximum Gasteiger partial charge on any atom is 0.242 e. The number of nitrogens with zero attached hydrogens (tertiary/aromatic N) is 3. The highest BCUT2D eigenvalue weighted by Crippen LogP contribution is 2.22. The van der Waals surface area contributed by atoms with Crippen molar-refractivity contribution in [1.82, 2.24) is 9.21 Å². The summed E-state index contributed by atoms with van der Waals surface area (Å²) in [6, 6.07) is 6.05. The van der Waals surface area contributed by atoms with E-state index in [1.54, 1.807) is 0 Å². The number of benzene rings is 1. The molecule has 5 nitrogen and oxygen atoms in total. The molecule has 0 aliphatic rings. The lowest BCUT2D eigenvalue weighted by molar-refractivity contribution is 0.370. The Morgan fingerprint density at radius 2 is 1.90 bits per heavy atom. The van der Waals surface area contributed by atoms with Gasteiger partial charge in [-0.2, -0.15) is 5.26 Å². The smallest absolute Gasteiger partial charge is 0.242 e. The van der Waals surface area contributed by atoms with Crippen LogP contribution in [0.1, 0.15) is 12.0 Å². The zero-order chi connectivity index (χ0) is 15.3. The molecule has 0 aliphatic heterocycles. The van der Waals surface area contributed by atoms with Crippen molar-refractivity contribution >= 4 is 21.6 Å². The molecule has 0 unspecified atom stereocenters. The van der Waals surface area contributed by atoms with Crippen molar-refractivity contribution in [2.75, 3.05) is 34.2 Å². The number of halogens is 1. The highest BCUT2D eigenvalue weighted by atomic mass is 35.5. The largest absolute Gasteiger partial charge is 0.309 e. The van der Waals surface area contributed by atoms with Crippen LogP contribution >= 0.6 is 11.6 Å². The first-order valence-electron chi connectivity index (χ1n) is 6.09. The minimum Gasteiger partial charge on any atom is -0.309 e. The van der Waals surface area contributed by atoms with Gasteiger partial charge in [0.15, 0.2) is 0 Å². The predicted molar refractivity (Wildman–Crippen MR) is 79.2 cm³/mol. The Hall–Kier alpha value is -1.13. The third-order valence-electron chi connectivity index (χ3n) is 2.85. The molecule has 0 heterocycles. The van der Waals surface area contributed by atoms with E-state index < -0.39 is 10.0 Å². The van der Waals surface area contributed by atoms with E-state index in [0.29, 0.717) is 6.54 Å². The van der Waals surface area contributed by atoms with Crippen LogP contribution in [0.2, 0.25) is 5.02 Å². The van der Waals surface area contributed by atoms with Gasteiger partial charge >= 0.3 is 0 Å². The summed E-state index contributed by atoms with van der Waals surface area (Å²) < 4.78 is 26.0. The van der Waals surface area contributed by atoms with Crippen LogP contribution in [0.3, 0.4) is 0 Å². The molecular weight excluding hydrogens is 298 g/mol. The molecule has 0 saturated carbocycles. The molecule has 0 bridgehead atoms. The van der Waals surface area contributed by atoms with Gasteiger partial charge in [0.05, 0.1) is 15.5 Å². The lowest BCUT2D eigenvalue weighted by Gasteiger charge is -2.18. The number of hydrogen-bond donors (Lipinski definition) is 0. The normalized spacial score (nSPS) is 11.8. The van der Waals surface area contributed by atoms with Crippen LogP contribution in [0.25, 0.3) is 0 Å². The van der Waals surface area contributed by atoms with E-state index in [2.05, 4.69) is 0 Å². The fourth-order valence-corrected chi connectivity index (χ4v) is 3.18. The van der Waals surface area contributed by atoms with E-state index >= 15 is 0 Å². The third kappa shape index (κ3) is 4.18. The molecule has 20 heavy (non-hydrogen) atoms. The van der Waals surface area contributed by atoms with E-state index in [9.17, 15) is 8.42 Å². The molecule has 1 rings (SSSR count). The van der Waals surface area contributed by atoms with Crippen molar-refractivity contribution in [3.63, 3.8) is 0 Å². The summed E-state index contributed by atoms with van der Waals surface area (Å²) in [5.41, 5.74) is 0.265. The minimum absolute atomic E-state index is 0.105. The average Bonchev–Trinajstić information content (AvgIpc) is 2.37. The lowest BCUT2D eigenvalue weighted by Crippen LogP contribution is -2.29. The molecular formula is C13H18ClN3O2S. The fraction of sp³-hybridized carbons (Fsp3) is 0.462. The van der Waals surface area contributed by atoms with Crippen molar-refractivity contribution in [2.45, 2.75) is 11.3 Å². The molecule has 0 fully saturated rings. The summed E-state index contributed by atoms with van der Waals surface area (Å²) in [5.74, 6) is 0.